The van der Waals surface area contributed by atoms with Gasteiger partial charge in [0.25, 0.3) is 0 Å². The number of nitrogens with zero attached hydrogens (tertiary/aromatic N) is 2. The Morgan fingerprint density at radius 1 is 0.960 bits per heavy atom. The molecule has 0 bridgehead atoms. The van der Waals surface area contributed by atoms with E-state index in [1.165, 1.54) is 42.5 Å². The number of nitriles is 1. The first-order chi connectivity index (χ1) is 12.2. The average Bonchev–Trinajstić information content (AvgIpc) is 2.65. The highest BCUT2D eigenvalue weighted by atomic mass is 15.2. The lowest BCUT2D eigenvalue weighted by Gasteiger charge is -2.33. The molecule has 3 rings (SSSR count). The highest BCUT2D eigenvalue weighted by Gasteiger charge is 2.17. The standard InChI is InChI=1S/C22H27N3/c1-18-4-2-3-13-25(18)17-22-11-9-21(10-12-22)16-24-15-20-7-5-19(14-23)6-8-20/h5-12,18,24H,2-4,13,15-17H2,1H3. The summed E-state index contributed by atoms with van der Waals surface area (Å²) < 4.78 is 0. The molecule has 1 N–H and O–H groups in total. The molecule has 1 heterocycles. The summed E-state index contributed by atoms with van der Waals surface area (Å²) in [5.41, 5.74) is 4.63. The fraction of sp³-hybridized carbons (Fsp3) is 0.409. The Balaban J connectivity index is 1.46. The lowest BCUT2D eigenvalue weighted by Crippen LogP contribution is -2.36. The Bertz CT molecular complexity index is 698. The van der Waals surface area contributed by atoms with Crippen LogP contribution in [0.2, 0.25) is 0 Å². The molecule has 0 amide bonds. The van der Waals surface area contributed by atoms with Crippen LogP contribution >= 0.6 is 0 Å². The summed E-state index contributed by atoms with van der Waals surface area (Å²) in [6.07, 6.45) is 4.04. The van der Waals surface area contributed by atoms with Gasteiger partial charge in [-0.15, -0.1) is 0 Å². The molecule has 1 saturated heterocycles. The zero-order valence-corrected chi connectivity index (χ0v) is 15.0. The summed E-state index contributed by atoms with van der Waals surface area (Å²) in [5.74, 6) is 0. The lowest BCUT2D eigenvalue weighted by atomic mass is 10.0. The van der Waals surface area contributed by atoms with Crippen molar-refractivity contribution in [1.82, 2.24) is 10.2 Å². The number of likely N-dealkylation sites (tertiary alicyclic amines) is 1. The SMILES string of the molecule is CC1CCCCN1Cc1ccc(CNCc2ccc(C#N)cc2)cc1. The largest absolute Gasteiger partial charge is 0.309 e. The lowest BCUT2D eigenvalue weighted by molar-refractivity contribution is 0.152. The number of benzene rings is 2. The van der Waals surface area contributed by atoms with Crippen LogP contribution in [0.3, 0.4) is 0 Å². The van der Waals surface area contributed by atoms with E-state index >= 15 is 0 Å². The maximum Gasteiger partial charge on any atom is 0.0991 e. The van der Waals surface area contributed by atoms with E-state index in [0.717, 1.165) is 19.6 Å². The second-order valence-corrected chi connectivity index (χ2v) is 7.04. The first-order valence-electron chi connectivity index (χ1n) is 9.26. The minimum Gasteiger partial charge on any atom is -0.309 e. The van der Waals surface area contributed by atoms with E-state index in [1.54, 1.807) is 0 Å². The third kappa shape index (κ3) is 5.16. The molecule has 1 aliphatic heterocycles. The molecule has 0 aromatic heterocycles. The number of piperidine rings is 1. The molecule has 1 atom stereocenters. The molecule has 130 valence electrons. The van der Waals surface area contributed by atoms with Crippen LogP contribution in [0, 0.1) is 11.3 Å². The van der Waals surface area contributed by atoms with Crippen molar-refractivity contribution in [2.24, 2.45) is 0 Å². The molecule has 0 aliphatic carbocycles. The van der Waals surface area contributed by atoms with E-state index in [4.69, 9.17) is 5.26 Å². The fourth-order valence-corrected chi connectivity index (χ4v) is 3.44. The van der Waals surface area contributed by atoms with Crippen molar-refractivity contribution in [3.63, 3.8) is 0 Å². The second kappa shape index (κ2) is 8.80. The zero-order chi connectivity index (χ0) is 17.5. The van der Waals surface area contributed by atoms with Gasteiger partial charge in [-0.1, -0.05) is 42.8 Å². The third-order valence-corrected chi connectivity index (χ3v) is 5.09. The van der Waals surface area contributed by atoms with Crippen molar-refractivity contribution in [2.45, 2.75) is 51.9 Å². The first-order valence-corrected chi connectivity index (χ1v) is 9.26. The first kappa shape index (κ1) is 17.7. The smallest absolute Gasteiger partial charge is 0.0991 e. The zero-order valence-electron chi connectivity index (χ0n) is 15.0. The quantitative estimate of drug-likeness (QED) is 0.860. The third-order valence-electron chi connectivity index (χ3n) is 5.09. The molecule has 3 heteroatoms. The van der Waals surface area contributed by atoms with Gasteiger partial charge in [0, 0.05) is 25.7 Å². The Morgan fingerprint density at radius 3 is 2.16 bits per heavy atom. The van der Waals surface area contributed by atoms with Crippen LogP contribution in [0.5, 0.6) is 0 Å². The molecule has 0 spiro atoms. The fourth-order valence-electron chi connectivity index (χ4n) is 3.44. The van der Waals surface area contributed by atoms with Crippen LogP contribution < -0.4 is 5.32 Å². The summed E-state index contributed by atoms with van der Waals surface area (Å²) in [6.45, 7) is 6.33. The predicted molar refractivity (Wildman–Crippen MR) is 102 cm³/mol. The Morgan fingerprint density at radius 2 is 1.56 bits per heavy atom. The van der Waals surface area contributed by atoms with Gasteiger partial charge in [-0.05, 0) is 55.1 Å². The number of nitrogens with one attached hydrogen (secondary N) is 1. The van der Waals surface area contributed by atoms with Crippen LogP contribution in [-0.4, -0.2) is 17.5 Å². The molecule has 0 saturated carbocycles. The monoisotopic (exact) mass is 333 g/mol. The summed E-state index contributed by atoms with van der Waals surface area (Å²) in [4.78, 5) is 2.60. The second-order valence-electron chi connectivity index (χ2n) is 7.04. The molecule has 1 aliphatic rings. The molecule has 25 heavy (non-hydrogen) atoms. The van der Waals surface area contributed by atoms with E-state index in [9.17, 15) is 0 Å². The van der Waals surface area contributed by atoms with Gasteiger partial charge < -0.3 is 5.32 Å². The molecule has 3 nitrogen and oxygen atoms in total. The number of rotatable bonds is 6. The Kier molecular flexibility index (Phi) is 6.22. The number of hydrogen-bond acceptors (Lipinski definition) is 3. The minimum absolute atomic E-state index is 0.711. The molecule has 2 aromatic rings. The van der Waals surface area contributed by atoms with Crippen molar-refractivity contribution < 1.29 is 0 Å². The van der Waals surface area contributed by atoms with Crippen LogP contribution in [0.1, 0.15) is 48.4 Å². The summed E-state index contributed by atoms with van der Waals surface area (Å²) >= 11 is 0. The van der Waals surface area contributed by atoms with E-state index < -0.39 is 0 Å². The van der Waals surface area contributed by atoms with Crippen molar-refractivity contribution in [1.29, 1.82) is 5.26 Å². The van der Waals surface area contributed by atoms with Crippen molar-refractivity contribution in [2.75, 3.05) is 6.54 Å². The maximum atomic E-state index is 8.82. The molecular weight excluding hydrogens is 306 g/mol. The normalized spacial score (nSPS) is 18.0. The minimum atomic E-state index is 0.711. The Hall–Kier alpha value is -2.15. The topological polar surface area (TPSA) is 39.1 Å². The van der Waals surface area contributed by atoms with Crippen molar-refractivity contribution in [3.05, 3.63) is 70.8 Å². The predicted octanol–water partition coefficient (Wildman–Crippen LogP) is 4.22. The highest BCUT2D eigenvalue weighted by Crippen LogP contribution is 2.19. The average molecular weight is 333 g/mol. The van der Waals surface area contributed by atoms with E-state index in [-0.39, 0.29) is 0 Å². The van der Waals surface area contributed by atoms with Gasteiger partial charge in [0.15, 0.2) is 0 Å². The Labute approximate surface area is 151 Å². The molecular formula is C22H27N3. The summed E-state index contributed by atoms with van der Waals surface area (Å²) in [6, 6.07) is 19.6. The number of hydrogen-bond donors (Lipinski definition) is 1. The maximum absolute atomic E-state index is 8.82. The molecule has 2 aromatic carbocycles. The highest BCUT2D eigenvalue weighted by molar-refractivity contribution is 5.31. The molecule has 0 radical (unpaired) electrons. The van der Waals surface area contributed by atoms with Gasteiger partial charge in [-0.3, -0.25) is 4.90 Å². The summed E-state index contributed by atoms with van der Waals surface area (Å²) in [7, 11) is 0. The van der Waals surface area contributed by atoms with Crippen LogP contribution in [0.4, 0.5) is 0 Å². The van der Waals surface area contributed by atoms with Gasteiger partial charge in [0.05, 0.1) is 11.6 Å². The molecule has 1 unspecified atom stereocenters. The van der Waals surface area contributed by atoms with Crippen molar-refractivity contribution in [3.8, 4) is 6.07 Å². The van der Waals surface area contributed by atoms with E-state index in [1.807, 2.05) is 24.3 Å². The van der Waals surface area contributed by atoms with E-state index in [0.29, 0.717) is 11.6 Å². The van der Waals surface area contributed by atoms with Gasteiger partial charge in [-0.25, -0.2) is 0 Å². The van der Waals surface area contributed by atoms with Crippen LogP contribution in [0.15, 0.2) is 48.5 Å². The van der Waals surface area contributed by atoms with Crippen LogP contribution in [-0.2, 0) is 19.6 Å². The molecule has 1 fully saturated rings. The van der Waals surface area contributed by atoms with Gasteiger partial charge in [0.2, 0.25) is 0 Å². The summed E-state index contributed by atoms with van der Waals surface area (Å²) in [5, 5.41) is 12.3. The van der Waals surface area contributed by atoms with Gasteiger partial charge in [0.1, 0.15) is 0 Å². The van der Waals surface area contributed by atoms with Gasteiger partial charge >= 0.3 is 0 Å². The van der Waals surface area contributed by atoms with Crippen LogP contribution in [0.25, 0.3) is 0 Å². The van der Waals surface area contributed by atoms with Gasteiger partial charge in [-0.2, -0.15) is 5.26 Å². The van der Waals surface area contributed by atoms with Crippen molar-refractivity contribution >= 4 is 0 Å². The van der Waals surface area contributed by atoms with E-state index in [2.05, 4.69) is 47.5 Å².